The lowest BCUT2D eigenvalue weighted by molar-refractivity contribution is -0.118. The van der Waals surface area contributed by atoms with Crippen LogP contribution < -0.4 is 14.8 Å². The molecule has 1 saturated carbocycles. The first-order valence-electron chi connectivity index (χ1n) is 9.56. The van der Waals surface area contributed by atoms with Crippen molar-refractivity contribution in [1.82, 2.24) is 5.16 Å². The smallest absolute Gasteiger partial charge is 0.236 e. The average Bonchev–Trinajstić information content (AvgIpc) is 3.40. The number of carbonyl (C=O) groups excluding carboxylic acids is 1. The van der Waals surface area contributed by atoms with E-state index in [9.17, 15) is 4.79 Å². The van der Waals surface area contributed by atoms with Crippen molar-refractivity contribution in [2.24, 2.45) is 0 Å². The molecule has 0 atom stereocenters. The van der Waals surface area contributed by atoms with E-state index >= 15 is 0 Å². The van der Waals surface area contributed by atoms with E-state index < -0.39 is 5.41 Å². The van der Waals surface area contributed by atoms with E-state index in [1.807, 2.05) is 56.3 Å². The van der Waals surface area contributed by atoms with Gasteiger partial charge in [-0.05, 0) is 56.0 Å². The van der Waals surface area contributed by atoms with Crippen molar-refractivity contribution >= 4 is 11.6 Å². The Balaban J connectivity index is 1.60. The molecule has 1 heterocycles. The number of aryl methyl sites for hydroxylation is 2. The molecule has 6 heteroatoms. The lowest BCUT2D eigenvalue weighted by Crippen LogP contribution is -2.28. The zero-order valence-electron chi connectivity index (χ0n) is 17.0. The topological polar surface area (TPSA) is 73.6 Å². The van der Waals surface area contributed by atoms with Crippen LogP contribution in [0.1, 0.15) is 29.7 Å². The summed E-state index contributed by atoms with van der Waals surface area (Å²) < 4.78 is 16.2. The van der Waals surface area contributed by atoms with Crippen molar-refractivity contribution in [3.63, 3.8) is 0 Å². The highest BCUT2D eigenvalue weighted by atomic mass is 16.5. The number of rotatable bonds is 6. The Morgan fingerprint density at radius 3 is 2.34 bits per heavy atom. The quantitative estimate of drug-likeness (QED) is 0.661. The number of aromatic nitrogens is 1. The average molecular weight is 392 g/mol. The molecule has 6 nitrogen and oxygen atoms in total. The fourth-order valence-electron chi connectivity index (χ4n) is 3.60. The van der Waals surface area contributed by atoms with Crippen LogP contribution in [-0.2, 0) is 10.2 Å². The Kier molecular flexibility index (Phi) is 4.78. The minimum atomic E-state index is -0.632. The van der Waals surface area contributed by atoms with Crippen LogP contribution in [0, 0.1) is 13.8 Å². The molecule has 1 aromatic heterocycles. The van der Waals surface area contributed by atoms with Crippen molar-refractivity contribution < 1.29 is 18.8 Å². The van der Waals surface area contributed by atoms with Gasteiger partial charge < -0.3 is 19.3 Å². The van der Waals surface area contributed by atoms with Gasteiger partial charge in [0.05, 0.1) is 25.3 Å². The first kappa shape index (κ1) is 19.1. The highest BCUT2D eigenvalue weighted by Gasteiger charge is 2.54. The second kappa shape index (κ2) is 7.28. The number of nitrogens with zero attached hydrogens (tertiary/aromatic N) is 1. The summed E-state index contributed by atoms with van der Waals surface area (Å²) in [6, 6.07) is 13.3. The van der Waals surface area contributed by atoms with E-state index in [1.54, 1.807) is 14.2 Å². The molecular formula is C23H24N2O4. The van der Waals surface area contributed by atoms with Gasteiger partial charge in [-0.3, -0.25) is 4.79 Å². The second-order valence-corrected chi connectivity index (χ2v) is 7.45. The molecular weight excluding hydrogens is 368 g/mol. The van der Waals surface area contributed by atoms with Crippen LogP contribution in [0.25, 0.3) is 11.3 Å². The van der Waals surface area contributed by atoms with Crippen LogP contribution in [0.4, 0.5) is 5.69 Å². The Morgan fingerprint density at radius 2 is 1.72 bits per heavy atom. The minimum absolute atomic E-state index is 0.0398. The zero-order chi connectivity index (χ0) is 20.6. The number of benzene rings is 2. The summed E-state index contributed by atoms with van der Waals surface area (Å²) in [5.74, 6) is 1.80. The predicted octanol–water partition coefficient (Wildman–Crippen LogP) is 4.65. The summed E-state index contributed by atoms with van der Waals surface area (Å²) in [4.78, 5) is 13.1. The van der Waals surface area contributed by atoms with Gasteiger partial charge in [-0.1, -0.05) is 23.4 Å². The van der Waals surface area contributed by atoms with Gasteiger partial charge in [0.25, 0.3) is 0 Å². The summed E-state index contributed by atoms with van der Waals surface area (Å²) in [6.45, 7) is 3.99. The van der Waals surface area contributed by atoms with Crippen molar-refractivity contribution in [3.05, 3.63) is 59.3 Å². The SMILES string of the molecule is COc1ccc(-c2cc(C3(C(=O)Nc4c(C)cccc4C)CC3)no2)cc1OC. The standard InChI is InChI=1S/C23H24N2O4/c1-14-6-5-7-15(2)21(14)24-22(26)23(10-11-23)20-13-18(29-25-20)16-8-9-17(27-3)19(12-16)28-4/h5-9,12-13H,10-11H2,1-4H3,(H,24,26). The van der Waals surface area contributed by atoms with Crippen LogP contribution in [0.2, 0.25) is 0 Å². The summed E-state index contributed by atoms with van der Waals surface area (Å²) in [7, 11) is 3.18. The number of nitrogens with one attached hydrogen (secondary N) is 1. The van der Waals surface area contributed by atoms with Crippen molar-refractivity contribution in [3.8, 4) is 22.8 Å². The van der Waals surface area contributed by atoms with Gasteiger partial charge in [0, 0.05) is 17.3 Å². The third-order valence-electron chi connectivity index (χ3n) is 5.57. The lowest BCUT2D eigenvalue weighted by atomic mass is 9.99. The van der Waals surface area contributed by atoms with E-state index in [4.69, 9.17) is 14.0 Å². The van der Waals surface area contributed by atoms with Crippen LogP contribution in [0.3, 0.4) is 0 Å². The van der Waals surface area contributed by atoms with Gasteiger partial charge in [-0.25, -0.2) is 0 Å². The van der Waals surface area contributed by atoms with Gasteiger partial charge in [-0.2, -0.15) is 0 Å². The molecule has 0 aliphatic heterocycles. The van der Waals surface area contributed by atoms with Gasteiger partial charge in [0.1, 0.15) is 0 Å². The first-order valence-corrected chi connectivity index (χ1v) is 9.56. The number of hydrogen-bond acceptors (Lipinski definition) is 5. The number of para-hydroxylation sites is 1. The normalized spacial score (nSPS) is 14.3. The van der Waals surface area contributed by atoms with Crippen LogP contribution in [0.5, 0.6) is 11.5 Å². The van der Waals surface area contributed by atoms with E-state index in [1.165, 1.54) is 0 Å². The molecule has 150 valence electrons. The second-order valence-electron chi connectivity index (χ2n) is 7.45. The summed E-state index contributed by atoms with van der Waals surface area (Å²) in [5.41, 5.74) is 3.79. The molecule has 1 aliphatic carbocycles. The summed E-state index contributed by atoms with van der Waals surface area (Å²) >= 11 is 0. The molecule has 4 rings (SSSR count). The zero-order valence-corrected chi connectivity index (χ0v) is 17.0. The minimum Gasteiger partial charge on any atom is -0.493 e. The third-order valence-corrected chi connectivity index (χ3v) is 5.57. The van der Waals surface area contributed by atoms with Gasteiger partial charge in [0.2, 0.25) is 5.91 Å². The van der Waals surface area contributed by atoms with E-state index in [0.717, 1.165) is 35.2 Å². The maximum Gasteiger partial charge on any atom is 0.236 e. The molecule has 2 aromatic carbocycles. The molecule has 1 N–H and O–H groups in total. The summed E-state index contributed by atoms with van der Waals surface area (Å²) in [6.07, 6.45) is 1.50. The fraction of sp³-hybridized carbons (Fsp3) is 0.304. The third kappa shape index (κ3) is 3.35. The molecule has 0 spiro atoms. The van der Waals surface area contributed by atoms with Crippen molar-refractivity contribution in [1.29, 1.82) is 0 Å². The molecule has 1 aliphatic rings. The molecule has 0 saturated heterocycles. The summed E-state index contributed by atoms with van der Waals surface area (Å²) in [5, 5.41) is 7.33. The Labute approximate surface area is 169 Å². The Morgan fingerprint density at radius 1 is 1.03 bits per heavy atom. The van der Waals surface area contributed by atoms with Crippen LogP contribution in [0.15, 0.2) is 47.0 Å². The molecule has 3 aromatic rings. The number of methoxy groups -OCH3 is 2. The predicted molar refractivity (Wildman–Crippen MR) is 111 cm³/mol. The molecule has 0 unspecified atom stereocenters. The highest BCUT2D eigenvalue weighted by Crippen LogP contribution is 2.49. The van der Waals surface area contributed by atoms with Gasteiger partial charge in [0.15, 0.2) is 17.3 Å². The van der Waals surface area contributed by atoms with E-state index in [-0.39, 0.29) is 5.91 Å². The Hall–Kier alpha value is -3.28. The Bertz CT molecular complexity index is 1050. The number of ether oxygens (including phenoxy) is 2. The molecule has 0 radical (unpaired) electrons. The first-order chi connectivity index (χ1) is 14.0. The largest absolute Gasteiger partial charge is 0.493 e. The van der Waals surface area contributed by atoms with Crippen LogP contribution >= 0.6 is 0 Å². The van der Waals surface area contributed by atoms with Crippen molar-refractivity contribution in [2.75, 3.05) is 19.5 Å². The maximum absolute atomic E-state index is 13.1. The maximum atomic E-state index is 13.1. The molecule has 1 amide bonds. The lowest BCUT2D eigenvalue weighted by Gasteiger charge is -2.16. The number of carbonyl (C=O) groups is 1. The number of amides is 1. The van der Waals surface area contributed by atoms with Crippen molar-refractivity contribution in [2.45, 2.75) is 32.1 Å². The van der Waals surface area contributed by atoms with E-state index in [2.05, 4.69) is 10.5 Å². The molecule has 1 fully saturated rings. The van der Waals surface area contributed by atoms with Gasteiger partial charge in [-0.15, -0.1) is 0 Å². The highest BCUT2D eigenvalue weighted by molar-refractivity contribution is 6.02. The van der Waals surface area contributed by atoms with E-state index in [0.29, 0.717) is 23.0 Å². The van der Waals surface area contributed by atoms with Gasteiger partial charge >= 0.3 is 0 Å². The fourth-order valence-corrected chi connectivity index (χ4v) is 3.60. The van der Waals surface area contributed by atoms with Crippen LogP contribution in [-0.4, -0.2) is 25.3 Å². The molecule has 0 bridgehead atoms. The number of hydrogen-bond donors (Lipinski definition) is 1. The number of anilines is 1. The molecule has 29 heavy (non-hydrogen) atoms. The monoisotopic (exact) mass is 392 g/mol.